The number of hydrogen-bond donors (Lipinski definition) is 2. The van der Waals surface area contributed by atoms with Crippen molar-refractivity contribution in [1.82, 2.24) is 0 Å². The zero-order valence-electron chi connectivity index (χ0n) is 6.98. The first kappa shape index (κ1) is 11.0. The van der Waals surface area contributed by atoms with Crippen LogP contribution >= 0.6 is 27.7 Å². The fraction of sp³-hybridized carbons (Fsp3) is 0.333. The largest absolute Gasteiger partial charge is 0.394 e. The van der Waals surface area contributed by atoms with E-state index in [9.17, 15) is 0 Å². The van der Waals surface area contributed by atoms with E-state index >= 15 is 0 Å². The molecule has 0 saturated heterocycles. The molecule has 0 fully saturated rings. The molecule has 1 rings (SSSR count). The lowest BCUT2D eigenvalue weighted by Gasteiger charge is -2.06. The maximum absolute atomic E-state index is 9.11. The Hall–Kier alpha value is -0.0300. The maximum Gasteiger partial charge on any atom is 0.0864 e. The van der Waals surface area contributed by atoms with Crippen LogP contribution in [0.3, 0.4) is 0 Å². The zero-order chi connectivity index (χ0) is 9.68. The minimum Gasteiger partial charge on any atom is -0.394 e. The smallest absolute Gasteiger partial charge is 0.0864 e. The van der Waals surface area contributed by atoms with Crippen molar-refractivity contribution in [2.24, 2.45) is 0 Å². The highest BCUT2D eigenvalue weighted by Gasteiger charge is 2.02. The summed E-state index contributed by atoms with van der Waals surface area (Å²) >= 11 is 4.89. The van der Waals surface area contributed by atoms with Gasteiger partial charge in [-0.1, -0.05) is 22.0 Å². The van der Waals surface area contributed by atoms with E-state index < -0.39 is 6.10 Å². The summed E-state index contributed by atoms with van der Waals surface area (Å²) in [4.78, 5) is 1.09. The Morgan fingerprint density at radius 3 is 2.85 bits per heavy atom. The van der Waals surface area contributed by atoms with Crippen molar-refractivity contribution >= 4 is 27.7 Å². The van der Waals surface area contributed by atoms with Crippen LogP contribution in [0.15, 0.2) is 33.6 Å². The van der Waals surface area contributed by atoms with Crippen molar-refractivity contribution in [3.63, 3.8) is 0 Å². The van der Waals surface area contributed by atoms with E-state index in [1.54, 1.807) is 0 Å². The Labute approximate surface area is 90.1 Å². The Balaban J connectivity index is 2.45. The Morgan fingerprint density at radius 2 is 2.23 bits per heavy atom. The van der Waals surface area contributed by atoms with E-state index in [2.05, 4.69) is 15.9 Å². The number of hydrogen-bond acceptors (Lipinski definition) is 3. The van der Waals surface area contributed by atoms with Gasteiger partial charge in [0.1, 0.15) is 0 Å². The highest BCUT2D eigenvalue weighted by molar-refractivity contribution is 9.10. The van der Waals surface area contributed by atoms with Crippen LogP contribution in [0.25, 0.3) is 0 Å². The third kappa shape index (κ3) is 4.13. The van der Waals surface area contributed by atoms with Crippen LogP contribution in [0, 0.1) is 0 Å². The van der Waals surface area contributed by atoms with Gasteiger partial charge in [-0.25, -0.2) is 0 Å². The molecule has 0 aliphatic carbocycles. The van der Waals surface area contributed by atoms with E-state index in [1.165, 1.54) is 11.8 Å². The lowest BCUT2D eigenvalue weighted by atomic mass is 10.4. The molecule has 1 atom stereocenters. The molecular formula is C9H11BrO2S. The molecule has 0 aliphatic heterocycles. The van der Waals surface area contributed by atoms with Gasteiger partial charge in [0.05, 0.1) is 12.7 Å². The summed E-state index contributed by atoms with van der Waals surface area (Å²) in [6.45, 7) is -0.180. The average Bonchev–Trinajstić information content (AvgIpc) is 2.14. The van der Waals surface area contributed by atoms with Gasteiger partial charge < -0.3 is 10.2 Å². The number of thioether (sulfide) groups is 1. The van der Waals surface area contributed by atoms with Crippen molar-refractivity contribution in [1.29, 1.82) is 0 Å². The molecule has 0 bridgehead atoms. The molecule has 0 spiro atoms. The van der Waals surface area contributed by atoms with Gasteiger partial charge in [-0.2, -0.15) is 0 Å². The van der Waals surface area contributed by atoms with Crippen LogP contribution < -0.4 is 0 Å². The van der Waals surface area contributed by atoms with E-state index in [0.29, 0.717) is 5.75 Å². The Kier molecular flexibility index (Phi) is 4.80. The molecule has 0 aliphatic rings. The summed E-state index contributed by atoms with van der Waals surface area (Å²) in [6, 6.07) is 7.85. The molecule has 0 heterocycles. The quantitative estimate of drug-likeness (QED) is 0.815. The molecule has 2 N–H and O–H groups in total. The predicted octanol–water partition coefficient (Wildman–Crippen LogP) is 1.89. The van der Waals surface area contributed by atoms with Crippen LogP contribution in [-0.4, -0.2) is 28.7 Å². The van der Waals surface area contributed by atoms with Gasteiger partial charge in [-0.15, -0.1) is 11.8 Å². The topological polar surface area (TPSA) is 40.5 Å². The summed E-state index contributed by atoms with van der Waals surface area (Å²) in [7, 11) is 0. The Morgan fingerprint density at radius 1 is 1.46 bits per heavy atom. The lowest BCUT2D eigenvalue weighted by Crippen LogP contribution is -2.14. The zero-order valence-corrected chi connectivity index (χ0v) is 9.38. The van der Waals surface area contributed by atoms with Crippen LogP contribution in [0.1, 0.15) is 0 Å². The van der Waals surface area contributed by atoms with Gasteiger partial charge in [0.25, 0.3) is 0 Å². The molecule has 72 valence electrons. The molecule has 0 saturated carbocycles. The monoisotopic (exact) mass is 262 g/mol. The van der Waals surface area contributed by atoms with Crippen molar-refractivity contribution < 1.29 is 10.2 Å². The van der Waals surface area contributed by atoms with Crippen molar-refractivity contribution in [3.8, 4) is 0 Å². The molecule has 0 amide bonds. The summed E-state index contributed by atoms with van der Waals surface area (Å²) in [5.41, 5.74) is 0. The SMILES string of the molecule is OC[C@H](O)CSc1cccc(Br)c1. The van der Waals surface area contributed by atoms with Crippen LogP contribution in [0.5, 0.6) is 0 Å². The first-order chi connectivity index (χ1) is 6.22. The van der Waals surface area contributed by atoms with Gasteiger partial charge in [0.15, 0.2) is 0 Å². The van der Waals surface area contributed by atoms with Crippen molar-refractivity contribution in [3.05, 3.63) is 28.7 Å². The van der Waals surface area contributed by atoms with Gasteiger partial charge in [-0.3, -0.25) is 0 Å². The van der Waals surface area contributed by atoms with Crippen LogP contribution in [-0.2, 0) is 0 Å². The molecule has 2 nitrogen and oxygen atoms in total. The van der Waals surface area contributed by atoms with Gasteiger partial charge in [0.2, 0.25) is 0 Å². The first-order valence-electron chi connectivity index (χ1n) is 3.89. The molecule has 4 heteroatoms. The normalized spacial score (nSPS) is 12.8. The lowest BCUT2D eigenvalue weighted by molar-refractivity contribution is 0.113. The molecule has 0 aromatic heterocycles. The number of aliphatic hydroxyl groups is 2. The fourth-order valence-electron chi connectivity index (χ4n) is 0.802. The van der Waals surface area contributed by atoms with Gasteiger partial charge >= 0.3 is 0 Å². The summed E-state index contributed by atoms with van der Waals surface area (Å²) in [6.07, 6.45) is -0.635. The summed E-state index contributed by atoms with van der Waals surface area (Å²) in [5, 5.41) is 17.7. The first-order valence-corrected chi connectivity index (χ1v) is 5.67. The van der Waals surface area contributed by atoms with E-state index in [4.69, 9.17) is 10.2 Å². The number of rotatable bonds is 4. The number of benzene rings is 1. The standard InChI is InChI=1S/C9H11BrO2S/c10-7-2-1-3-9(4-7)13-6-8(12)5-11/h1-4,8,11-12H,5-6H2/t8-/m0/s1. The summed E-state index contributed by atoms with van der Waals surface area (Å²) < 4.78 is 1.02. The number of aliphatic hydroxyl groups excluding tert-OH is 2. The van der Waals surface area contributed by atoms with Crippen LogP contribution in [0.2, 0.25) is 0 Å². The maximum atomic E-state index is 9.11. The molecule has 13 heavy (non-hydrogen) atoms. The summed E-state index contributed by atoms with van der Waals surface area (Å²) in [5.74, 6) is 0.521. The predicted molar refractivity (Wildman–Crippen MR) is 58.0 cm³/mol. The third-order valence-corrected chi connectivity index (χ3v) is 3.08. The second-order valence-electron chi connectivity index (χ2n) is 2.60. The van der Waals surface area contributed by atoms with Crippen LogP contribution in [0.4, 0.5) is 0 Å². The highest BCUT2D eigenvalue weighted by Crippen LogP contribution is 2.22. The van der Waals surface area contributed by atoms with Crippen molar-refractivity contribution in [2.75, 3.05) is 12.4 Å². The fourth-order valence-corrected chi connectivity index (χ4v) is 2.23. The van der Waals surface area contributed by atoms with E-state index in [-0.39, 0.29) is 6.61 Å². The average molecular weight is 263 g/mol. The van der Waals surface area contributed by atoms with Gasteiger partial charge in [0, 0.05) is 15.1 Å². The van der Waals surface area contributed by atoms with Crippen molar-refractivity contribution in [2.45, 2.75) is 11.0 Å². The highest BCUT2D eigenvalue weighted by atomic mass is 79.9. The minimum atomic E-state index is -0.635. The Bertz CT molecular complexity index is 268. The van der Waals surface area contributed by atoms with E-state index in [1.807, 2.05) is 24.3 Å². The molecular weight excluding hydrogens is 252 g/mol. The molecule has 0 unspecified atom stereocenters. The minimum absolute atomic E-state index is 0.180. The molecule has 1 aromatic rings. The van der Waals surface area contributed by atoms with E-state index in [0.717, 1.165) is 9.37 Å². The molecule has 1 aromatic carbocycles. The number of halogens is 1. The molecule has 0 radical (unpaired) electrons. The second kappa shape index (κ2) is 5.65. The van der Waals surface area contributed by atoms with Gasteiger partial charge in [-0.05, 0) is 18.2 Å². The second-order valence-corrected chi connectivity index (χ2v) is 4.61. The third-order valence-electron chi connectivity index (χ3n) is 1.45.